The molecule has 96 valence electrons. The molecule has 18 heavy (non-hydrogen) atoms. The number of benzene rings is 1. The van der Waals surface area contributed by atoms with E-state index < -0.39 is 0 Å². The van der Waals surface area contributed by atoms with Gasteiger partial charge in [-0.25, -0.2) is 0 Å². The monoisotopic (exact) mass is 310 g/mol. The van der Waals surface area contributed by atoms with Crippen molar-refractivity contribution in [3.63, 3.8) is 0 Å². The van der Waals surface area contributed by atoms with Gasteiger partial charge in [-0.05, 0) is 31.0 Å². The highest BCUT2D eigenvalue weighted by Crippen LogP contribution is 2.28. The normalized spacial score (nSPS) is 18.7. The quantitative estimate of drug-likeness (QED) is 0.635. The second kappa shape index (κ2) is 5.39. The molecule has 6 heteroatoms. The van der Waals surface area contributed by atoms with E-state index in [9.17, 15) is 4.79 Å². The Morgan fingerprint density at radius 3 is 2.89 bits per heavy atom. The van der Waals surface area contributed by atoms with E-state index >= 15 is 0 Å². The summed E-state index contributed by atoms with van der Waals surface area (Å²) in [6.07, 6.45) is 1.74. The fourth-order valence-corrected chi connectivity index (χ4v) is 2.58. The maximum atomic E-state index is 11.9. The Labute approximate surface area is 114 Å². The number of guanidine groups is 1. The van der Waals surface area contributed by atoms with E-state index in [-0.39, 0.29) is 17.9 Å². The summed E-state index contributed by atoms with van der Waals surface area (Å²) >= 11 is 3.43. The van der Waals surface area contributed by atoms with Crippen molar-refractivity contribution in [1.29, 1.82) is 0 Å². The number of carbonyl (C=O) groups is 1. The van der Waals surface area contributed by atoms with E-state index in [4.69, 9.17) is 11.5 Å². The maximum absolute atomic E-state index is 11.9. The van der Waals surface area contributed by atoms with Crippen molar-refractivity contribution < 1.29 is 4.79 Å². The average molecular weight is 311 g/mol. The number of carbonyl (C=O) groups excluding carboxylic acids is 1. The summed E-state index contributed by atoms with van der Waals surface area (Å²) in [7, 11) is 0. The van der Waals surface area contributed by atoms with Gasteiger partial charge in [-0.15, -0.1) is 0 Å². The van der Waals surface area contributed by atoms with E-state index in [1.54, 1.807) is 0 Å². The fraction of sp³-hybridized carbons (Fsp3) is 0.333. The van der Waals surface area contributed by atoms with Crippen LogP contribution in [0, 0.1) is 0 Å². The Morgan fingerprint density at radius 2 is 2.22 bits per heavy atom. The van der Waals surface area contributed by atoms with E-state index in [1.165, 1.54) is 0 Å². The predicted octanol–water partition coefficient (Wildman–Crippen LogP) is 1.22. The maximum Gasteiger partial charge on any atom is 0.271 e. The minimum absolute atomic E-state index is 0.180. The van der Waals surface area contributed by atoms with Crippen LogP contribution in [0.2, 0.25) is 0 Å². The van der Waals surface area contributed by atoms with Gasteiger partial charge in [0.15, 0.2) is 5.96 Å². The number of amides is 1. The molecule has 4 N–H and O–H groups in total. The van der Waals surface area contributed by atoms with E-state index in [2.05, 4.69) is 20.9 Å². The lowest BCUT2D eigenvalue weighted by Gasteiger charge is -2.24. The van der Waals surface area contributed by atoms with Gasteiger partial charge in [0.2, 0.25) is 0 Å². The number of hydrogen-bond acceptors (Lipinski definition) is 2. The van der Waals surface area contributed by atoms with Gasteiger partial charge in [0.05, 0.1) is 0 Å². The third-order valence-corrected chi connectivity index (χ3v) is 3.41. The first-order valence-corrected chi connectivity index (χ1v) is 6.53. The molecule has 1 aliphatic heterocycles. The number of aliphatic imine (C=N–C) groups is 1. The molecular formula is C12H15BrN4O. The number of rotatable bonds is 2. The van der Waals surface area contributed by atoms with Crippen LogP contribution in [-0.4, -0.2) is 24.5 Å². The van der Waals surface area contributed by atoms with Gasteiger partial charge in [-0.1, -0.05) is 22.0 Å². The van der Waals surface area contributed by atoms with Crippen LogP contribution in [0.5, 0.6) is 0 Å². The number of nitrogens with zero attached hydrogens (tertiary/aromatic N) is 2. The van der Waals surface area contributed by atoms with Crippen LogP contribution in [0.4, 0.5) is 5.69 Å². The van der Waals surface area contributed by atoms with Crippen molar-refractivity contribution in [2.24, 2.45) is 16.5 Å². The average Bonchev–Trinajstić information content (AvgIpc) is 2.76. The van der Waals surface area contributed by atoms with Gasteiger partial charge in [0.1, 0.15) is 6.04 Å². The van der Waals surface area contributed by atoms with Crippen LogP contribution in [0.3, 0.4) is 0 Å². The Balaban J connectivity index is 2.22. The molecule has 1 unspecified atom stereocenters. The third-order valence-electron chi connectivity index (χ3n) is 2.92. The topological polar surface area (TPSA) is 84.7 Å². The summed E-state index contributed by atoms with van der Waals surface area (Å²) in [6, 6.07) is 7.60. The molecule has 1 saturated heterocycles. The van der Waals surface area contributed by atoms with E-state index in [0.29, 0.717) is 0 Å². The number of hydrogen-bond donors (Lipinski definition) is 2. The zero-order valence-electron chi connectivity index (χ0n) is 9.84. The van der Waals surface area contributed by atoms with E-state index in [0.717, 1.165) is 29.5 Å². The highest BCUT2D eigenvalue weighted by atomic mass is 79.9. The van der Waals surface area contributed by atoms with Crippen LogP contribution in [0.25, 0.3) is 0 Å². The van der Waals surface area contributed by atoms with Gasteiger partial charge < -0.3 is 16.4 Å². The first-order chi connectivity index (χ1) is 8.58. The van der Waals surface area contributed by atoms with Crippen molar-refractivity contribution in [2.75, 3.05) is 11.4 Å². The standard InChI is InChI=1S/C12H15BrN4O/c13-8-3-1-4-9(7-8)17-6-2-5-10(17)11(18)16-12(14)15/h1,3-4,7,10H,2,5-6H2,(H4,14,15,16,18). The molecule has 1 heterocycles. The summed E-state index contributed by atoms with van der Waals surface area (Å²) < 4.78 is 0.986. The largest absolute Gasteiger partial charge is 0.370 e. The molecule has 1 aliphatic rings. The second-order valence-electron chi connectivity index (χ2n) is 4.21. The van der Waals surface area contributed by atoms with Gasteiger partial charge in [0.25, 0.3) is 5.91 Å². The van der Waals surface area contributed by atoms with Crippen molar-refractivity contribution in [2.45, 2.75) is 18.9 Å². The molecule has 5 nitrogen and oxygen atoms in total. The lowest BCUT2D eigenvalue weighted by Crippen LogP contribution is -2.37. The van der Waals surface area contributed by atoms with Crippen LogP contribution >= 0.6 is 15.9 Å². The molecule has 0 saturated carbocycles. The number of anilines is 1. The molecule has 0 spiro atoms. The Bertz CT molecular complexity index is 485. The zero-order chi connectivity index (χ0) is 13.1. The molecule has 1 amide bonds. The molecular weight excluding hydrogens is 296 g/mol. The molecule has 1 atom stereocenters. The van der Waals surface area contributed by atoms with Gasteiger partial charge in [-0.3, -0.25) is 4.79 Å². The molecule has 1 fully saturated rings. The van der Waals surface area contributed by atoms with Crippen molar-refractivity contribution in [3.05, 3.63) is 28.7 Å². The predicted molar refractivity (Wildman–Crippen MR) is 75.3 cm³/mol. The molecule has 0 radical (unpaired) electrons. The molecule has 0 aliphatic carbocycles. The minimum Gasteiger partial charge on any atom is -0.370 e. The molecule has 1 aromatic rings. The summed E-state index contributed by atoms with van der Waals surface area (Å²) in [5.74, 6) is -0.450. The minimum atomic E-state index is -0.271. The van der Waals surface area contributed by atoms with Crippen LogP contribution in [0.15, 0.2) is 33.7 Å². The fourth-order valence-electron chi connectivity index (χ4n) is 2.19. The molecule has 2 rings (SSSR count). The SMILES string of the molecule is NC(N)=NC(=O)C1CCCN1c1cccc(Br)c1. The first kappa shape index (κ1) is 12.9. The van der Waals surface area contributed by atoms with Crippen molar-refractivity contribution in [1.82, 2.24) is 0 Å². The van der Waals surface area contributed by atoms with Gasteiger partial charge >= 0.3 is 0 Å². The second-order valence-corrected chi connectivity index (χ2v) is 5.12. The summed E-state index contributed by atoms with van der Waals surface area (Å²) in [5.41, 5.74) is 11.5. The Morgan fingerprint density at radius 1 is 1.44 bits per heavy atom. The Hall–Kier alpha value is -1.56. The van der Waals surface area contributed by atoms with Crippen molar-refractivity contribution in [3.8, 4) is 0 Å². The highest BCUT2D eigenvalue weighted by molar-refractivity contribution is 9.10. The van der Waals surface area contributed by atoms with Crippen molar-refractivity contribution >= 4 is 33.5 Å². The smallest absolute Gasteiger partial charge is 0.271 e. The third kappa shape index (κ3) is 2.81. The molecule has 0 aromatic heterocycles. The zero-order valence-corrected chi connectivity index (χ0v) is 11.4. The molecule has 0 bridgehead atoms. The van der Waals surface area contributed by atoms with Gasteiger partial charge in [0, 0.05) is 16.7 Å². The lowest BCUT2D eigenvalue weighted by atomic mass is 10.2. The van der Waals surface area contributed by atoms with Crippen LogP contribution < -0.4 is 16.4 Å². The number of halogens is 1. The first-order valence-electron chi connectivity index (χ1n) is 5.73. The lowest BCUT2D eigenvalue weighted by molar-refractivity contribution is -0.118. The van der Waals surface area contributed by atoms with E-state index in [1.807, 2.05) is 29.2 Å². The summed E-state index contributed by atoms with van der Waals surface area (Å²) in [4.78, 5) is 17.6. The molecule has 1 aromatic carbocycles. The highest BCUT2D eigenvalue weighted by Gasteiger charge is 2.30. The Kier molecular flexibility index (Phi) is 3.86. The van der Waals surface area contributed by atoms with Crippen LogP contribution in [-0.2, 0) is 4.79 Å². The summed E-state index contributed by atoms with van der Waals surface area (Å²) in [6.45, 7) is 0.840. The van der Waals surface area contributed by atoms with Gasteiger partial charge in [-0.2, -0.15) is 4.99 Å². The summed E-state index contributed by atoms with van der Waals surface area (Å²) in [5, 5.41) is 0. The number of nitrogens with two attached hydrogens (primary N) is 2. The van der Waals surface area contributed by atoms with Crippen LogP contribution in [0.1, 0.15) is 12.8 Å².